The zero-order valence-electron chi connectivity index (χ0n) is 8.97. The minimum absolute atomic E-state index is 0.853. The Hall–Kier alpha value is -0.0800. The third kappa shape index (κ3) is 4.10. The molecule has 2 N–H and O–H groups in total. The SMILES string of the molecule is CCC1CCN(CCCCN)CC1. The summed E-state index contributed by atoms with van der Waals surface area (Å²) in [6.45, 7) is 7.08. The van der Waals surface area contributed by atoms with Crippen LogP contribution in [0.3, 0.4) is 0 Å². The summed E-state index contributed by atoms with van der Waals surface area (Å²) in [5.41, 5.74) is 5.47. The highest BCUT2D eigenvalue weighted by Gasteiger charge is 2.16. The minimum atomic E-state index is 0.853. The van der Waals surface area contributed by atoms with Gasteiger partial charge in [-0.15, -0.1) is 0 Å². The molecule has 0 atom stereocenters. The predicted molar refractivity (Wildman–Crippen MR) is 57.7 cm³/mol. The van der Waals surface area contributed by atoms with E-state index in [9.17, 15) is 0 Å². The first kappa shape index (κ1) is 11.0. The second kappa shape index (κ2) is 6.39. The van der Waals surface area contributed by atoms with Gasteiger partial charge in [-0.1, -0.05) is 13.3 Å². The summed E-state index contributed by atoms with van der Waals surface area (Å²) in [6, 6.07) is 0. The van der Waals surface area contributed by atoms with Crippen LogP contribution in [-0.2, 0) is 0 Å². The first-order chi connectivity index (χ1) is 6.36. The molecule has 0 spiro atoms. The normalized spacial score (nSPS) is 20.8. The Morgan fingerprint density at radius 3 is 2.46 bits per heavy atom. The van der Waals surface area contributed by atoms with Crippen LogP contribution >= 0.6 is 0 Å². The van der Waals surface area contributed by atoms with Crippen molar-refractivity contribution in [2.45, 2.75) is 39.0 Å². The Kier molecular flexibility index (Phi) is 5.40. The molecule has 1 aliphatic heterocycles. The summed E-state index contributed by atoms with van der Waals surface area (Å²) in [5, 5.41) is 0. The van der Waals surface area contributed by atoms with Crippen molar-refractivity contribution in [1.82, 2.24) is 4.90 Å². The highest BCUT2D eigenvalue weighted by atomic mass is 15.1. The van der Waals surface area contributed by atoms with Gasteiger partial charge in [-0.3, -0.25) is 0 Å². The molecule has 2 nitrogen and oxygen atoms in total. The molecule has 0 saturated carbocycles. The summed E-state index contributed by atoms with van der Waals surface area (Å²) in [5.74, 6) is 1.01. The van der Waals surface area contributed by atoms with Crippen molar-refractivity contribution in [1.29, 1.82) is 0 Å². The summed E-state index contributed by atoms with van der Waals surface area (Å²) < 4.78 is 0. The fourth-order valence-corrected chi connectivity index (χ4v) is 2.10. The van der Waals surface area contributed by atoms with Crippen molar-refractivity contribution in [2.75, 3.05) is 26.2 Å². The predicted octanol–water partition coefficient (Wildman–Crippen LogP) is 1.85. The first-order valence-electron chi connectivity index (χ1n) is 5.79. The van der Waals surface area contributed by atoms with Gasteiger partial charge in [-0.25, -0.2) is 0 Å². The van der Waals surface area contributed by atoms with E-state index < -0.39 is 0 Å². The van der Waals surface area contributed by atoms with Gasteiger partial charge in [-0.05, 0) is 57.8 Å². The van der Waals surface area contributed by atoms with E-state index in [0.717, 1.165) is 12.5 Å². The number of likely N-dealkylation sites (tertiary alicyclic amines) is 1. The van der Waals surface area contributed by atoms with Gasteiger partial charge in [-0.2, -0.15) is 0 Å². The molecule has 0 amide bonds. The van der Waals surface area contributed by atoms with Gasteiger partial charge in [0, 0.05) is 0 Å². The van der Waals surface area contributed by atoms with Crippen molar-refractivity contribution in [2.24, 2.45) is 11.7 Å². The number of hydrogen-bond acceptors (Lipinski definition) is 2. The zero-order chi connectivity index (χ0) is 9.52. The Morgan fingerprint density at radius 2 is 1.92 bits per heavy atom. The quantitative estimate of drug-likeness (QED) is 0.661. The minimum Gasteiger partial charge on any atom is -0.330 e. The maximum Gasteiger partial charge on any atom is -0.00161 e. The number of rotatable bonds is 5. The third-order valence-corrected chi connectivity index (χ3v) is 3.21. The van der Waals surface area contributed by atoms with Crippen molar-refractivity contribution in [3.63, 3.8) is 0 Å². The van der Waals surface area contributed by atoms with Crippen LogP contribution in [0.1, 0.15) is 39.0 Å². The van der Waals surface area contributed by atoms with Crippen LogP contribution in [0, 0.1) is 5.92 Å². The molecular weight excluding hydrogens is 160 g/mol. The molecule has 13 heavy (non-hydrogen) atoms. The van der Waals surface area contributed by atoms with E-state index in [1.807, 2.05) is 0 Å². The van der Waals surface area contributed by atoms with Gasteiger partial charge >= 0.3 is 0 Å². The standard InChI is InChI=1S/C11H24N2/c1-2-11-5-9-13(10-6-11)8-4-3-7-12/h11H,2-10,12H2,1H3. The van der Waals surface area contributed by atoms with Crippen LogP contribution in [0.15, 0.2) is 0 Å². The first-order valence-corrected chi connectivity index (χ1v) is 5.79. The molecule has 1 rings (SSSR count). The summed E-state index contributed by atoms with van der Waals surface area (Å²) in [7, 11) is 0. The molecule has 0 aromatic carbocycles. The Morgan fingerprint density at radius 1 is 1.23 bits per heavy atom. The Bertz CT molecular complexity index is 115. The average Bonchev–Trinajstić information content (AvgIpc) is 2.19. The van der Waals surface area contributed by atoms with Crippen molar-refractivity contribution in [3.8, 4) is 0 Å². The van der Waals surface area contributed by atoms with E-state index in [4.69, 9.17) is 5.73 Å². The van der Waals surface area contributed by atoms with Gasteiger partial charge in [0.1, 0.15) is 0 Å². The smallest absolute Gasteiger partial charge is 0.00161 e. The molecule has 0 radical (unpaired) electrons. The second-order valence-corrected chi connectivity index (χ2v) is 4.19. The van der Waals surface area contributed by atoms with Gasteiger partial charge in [0.05, 0.1) is 0 Å². The van der Waals surface area contributed by atoms with Crippen molar-refractivity contribution in [3.05, 3.63) is 0 Å². The lowest BCUT2D eigenvalue weighted by Crippen LogP contribution is -2.34. The van der Waals surface area contributed by atoms with Crippen molar-refractivity contribution < 1.29 is 0 Å². The van der Waals surface area contributed by atoms with E-state index >= 15 is 0 Å². The Labute approximate surface area is 82.5 Å². The number of piperidine rings is 1. The molecule has 1 heterocycles. The fourth-order valence-electron chi connectivity index (χ4n) is 2.10. The summed E-state index contributed by atoms with van der Waals surface area (Å²) in [4.78, 5) is 2.60. The number of hydrogen-bond donors (Lipinski definition) is 1. The topological polar surface area (TPSA) is 29.3 Å². The molecule has 0 aromatic rings. The second-order valence-electron chi connectivity index (χ2n) is 4.19. The monoisotopic (exact) mass is 184 g/mol. The maximum absolute atomic E-state index is 5.47. The Balaban J connectivity index is 2.03. The van der Waals surface area contributed by atoms with E-state index in [2.05, 4.69) is 11.8 Å². The maximum atomic E-state index is 5.47. The number of unbranched alkanes of at least 4 members (excludes halogenated alkanes) is 1. The average molecular weight is 184 g/mol. The largest absolute Gasteiger partial charge is 0.330 e. The van der Waals surface area contributed by atoms with Crippen LogP contribution < -0.4 is 5.73 Å². The van der Waals surface area contributed by atoms with E-state index in [1.165, 1.54) is 51.7 Å². The van der Waals surface area contributed by atoms with Crippen LogP contribution in [0.4, 0.5) is 0 Å². The molecule has 0 unspecified atom stereocenters. The van der Waals surface area contributed by atoms with Crippen LogP contribution in [0.25, 0.3) is 0 Å². The van der Waals surface area contributed by atoms with Gasteiger partial charge in [0.25, 0.3) is 0 Å². The molecule has 78 valence electrons. The zero-order valence-corrected chi connectivity index (χ0v) is 8.97. The van der Waals surface area contributed by atoms with Gasteiger partial charge < -0.3 is 10.6 Å². The molecule has 0 bridgehead atoms. The van der Waals surface area contributed by atoms with Crippen LogP contribution in [-0.4, -0.2) is 31.1 Å². The van der Waals surface area contributed by atoms with Crippen molar-refractivity contribution >= 4 is 0 Å². The molecule has 1 fully saturated rings. The lowest BCUT2D eigenvalue weighted by Gasteiger charge is -2.31. The number of nitrogens with two attached hydrogens (primary N) is 1. The van der Waals surface area contributed by atoms with Crippen LogP contribution in [0.2, 0.25) is 0 Å². The highest BCUT2D eigenvalue weighted by molar-refractivity contribution is 4.71. The molecule has 2 heteroatoms. The molecule has 1 saturated heterocycles. The molecular formula is C11H24N2. The van der Waals surface area contributed by atoms with E-state index in [-0.39, 0.29) is 0 Å². The molecule has 1 aliphatic rings. The highest BCUT2D eigenvalue weighted by Crippen LogP contribution is 2.19. The fraction of sp³-hybridized carbons (Fsp3) is 1.00. The lowest BCUT2D eigenvalue weighted by atomic mass is 9.94. The van der Waals surface area contributed by atoms with Crippen LogP contribution in [0.5, 0.6) is 0 Å². The molecule has 0 aromatic heterocycles. The summed E-state index contributed by atoms with van der Waals surface area (Å²) in [6.07, 6.45) is 6.68. The third-order valence-electron chi connectivity index (χ3n) is 3.21. The summed E-state index contributed by atoms with van der Waals surface area (Å²) >= 11 is 0. The van der Waals surface area contributed by atoms with Gasteiger partial charge in [0.2, 0.25) is 0 Å². The lowest BCUT2D eigenvalue weighted by molar-refractivity contribution is 0.179. The number of nitrogens with zero attached hydrogens (tertiary/aromatic N) is 1. The van der Waals surface area contributed by atoms with Gasteiger partial charge in [0.15, 0.2) is 0 Å². The molecule has 0 aliphatic carbocycles. The van der Waals surface area contributed by atoms with E-state index in [1.54, 1.807) is 0 Å². The van der Waals surface area contributed by atoms with E-state index in [0.29, 0.717) is 0 Å².